The third-order valence-corrected chi connectivity index (χ3v) is 5.08. The fourth-order valence-corrected chi connectivity index (χ4v) is 3.73. The zero-order chi connectivity index (χ0) is 17.8. The average molecular weight is 358 g/mol. The lowest BCUT2D eigenvalue weighted by Gasteiger charge is -2.24. The van der Waals surface area contributed by atoms with Crippen LogP contribution in [0.15, 0.2) is 23.6 Å². The van der Waals surface area contributed by atoms with Gasteiger partial charge < -0.3 is 10.2 Å². The Balaban J connectivity index is 1.71. The fraction of sp³-hybridized carbons (Fsp3) is 0.444. The lowest BCUT2D eigenvalue weighted by atomic mass is 10.1. The van der Waals surface area contributed by atoms with Crippen molar-refractivity contribution in [3.8, 4) is 0 Å². The van der Waals surface area contributed by atoms with Gasteiger partial charge in [0.1, 0.15) is 0 Å². The molecule has 1 aliphatic heterocycles. The van der Waals surface area contributed by atoms with Gasteiger partial charge in [0.2, 0.25) is 11.8 Å². The Hall–Kier alpha value is -2.28. The van der Waals surface area contributed by atoms with Crippen molar-refractivity contribution in [2.24, 2.45) is 0 Å². The largest absolute Gasteiger partial charge is 0.351 e. The SMILES string of the molecule is CC(=O)NCc1cccc([C@H]2CCCN2C(=O)Cc2csc(C)n2)n1. The minimum atomic E-state index is -0.0802. The van der Waals surface area contributed by atoms with Crippen LogP contribution in [0.25, 0.3) is 0 Å². The molecule has 2 aromatic heterocycles. The van der Waals surface area contributed by atoms with E-state index in [1.165, 1.54) is 6.92 Å². The number of nitrogens with zero attached hydrogens (tertiary/aromatic N) is 3. The van der Waals surface area contributed by atoms with E-state index in [9.17, 15) is 9.59 Å². The van der Waals surface area contributed by atoms with E-state index in [1.807, 2.05) is 35.4 Å². The Bertz CT molecular complexity index is 774. The van der Waals surface area contributed by atoms with E-state index in [-0.39, 0.29) is 17.9 Å². The third kappa shape index (κ3) is 4.42. The second kappa shape index (κ2) is 7.74. The van der Waals surface area contributed by atoms with E-state index >= 15 is 0 Å². The van der Waals surface area contributed by atoms with Crippen molar-refractivity contribution < 1.29 is 9.59 Å². The molecule has 0 spiro atoms. The number of aryl methyl sites for hydroxylation is 1. The number of hydrogen-bond acceptors (Lipinski definition) is 5. The van der Waals surface area contributed by atoms with Gasteiger partial charge in [-0.1, -0.05) is 6.07 Å². The smallest absolute Gasteiger partial charge is 0.229 e. The molecule has 0 aliphatic carbocycles. The highest BCUT2D eigenvalue weighted by Gasteiger charge is 2.31. The van der Waals surface area contributed by atoms with E-state index < -0.39 is 0 Å². The standard InChI is InChI=1S/C18H22N4O2S/c1-12(23)19-10-14-5-3-6-16(21-14)17-7-4-8-22(17)18(24)9-15-11-25-13(2)20-15/h3,5-6,11,17H,4,7-10H2,1-2H3,(H,19,23)/t17-/m1/s1. The molecule has 2 amide bonds. The van der Waals surface area contributed by atoms with Crippen molar-refractivity contribution in [1.29, 1.82) is 0 Å². The van der Waals surface area contributed by atoms with Crippen molar-refractivity contribution in [1.82, 2.24) is 20.2 Å². The van der Waals surface area contributed by atoms with Gasteiger partial charge in [-0.25, -0.2) is 4.98 Å². The molecule has 0 saturated carbocycles. The molecule has 132 valence electrons. The molecule has 7 heteroatoms. The summed E-state index contributed by atoms with van der Waals surface area (Å²) in [6, 6.07) is 5.79. The maximum atomic E-state index is 12.7. The molecule has 0 radical (unpaired) electrons. The van der Waals surface area contributed by atoms with Crippen LogP contribution in [0.4, 0.5) is 0 Å². The zero-order valence-electron chi connectivity index (χ0n) is 14.5. The molecule has 1 atom stereocenters. The van der Waals surface area contributed by atoms with Crippen LogP contribution in [0.1, 0.15) is 47.9 Å². The van der Waals surface area contributed by atoms with Gasteiger partial charge in [-0.3, -0.25) is 14.6 Å². The van der Waals surface area contributed by atoms with Crippen LogP contribution in [0.5, 0.6) is 0 Å². The molecule has 0 unspecified atom stereocenters. The average Bonchev–Trinajstić information content (AvgIpc) is 3.22. The summed E-state index contributed by atoms with van der Waals surface area (Å²) in [7, 11) is 0. The predicted molar refractivity (Wildman–Crippen MR) is 96.0 cm³/mol. The van der Waals surface area contributed by atoms with Crippen molar-refractivity contribution in [2.45, 2.75) is 45.7 Å². The van der Waals surface area contributed by atoms with E-state index in [2.05, 4.69) is 15.3 Å². The van der Waals surface area contributed by atoms with Gasteiger partial charge in [-0.05, 0) is 31.9 Å². The number of aromatic nitrogens is 2. The van der Waals surface area contributed by atoms with Crippen molar-refractivity contribution in [3.63, 3.8) is 0 Å². The summed E-state index contributed by atoms with van der Waals surface area (Å²) in [5, 5.41) is 5.69. The fourth-order valence-electron chi connectivity index (χ4n) is 3.12. The monoisotopic (exact) mass is 358 g/mol. The number of likely N-dealkylation sites (tertiary alicyclic amines) is 1. The van der Waals surface area contributed by atoms with E-state index in [0.29, 0.717) is 13.0 Å². The van der Waals surface area contributed by atoms with Crippen LogP contribution in [0.3, 0.4) is 0 Å². The molecule has 0 bridgehead atoms. The van der Waals surface area contributed by atoms with Crippen molar-refractivity contribution in [3.05, 3.63) is 45.7 Å². The number of amides is 2. The first kappa shape index (κ1) is 17.5. The molecule has 1 fully saturated rings. The highest BCUT2D eigenvalue weighted by molar-refractivity contribution is 7.09. The summed E-state index contributed by atoms with van der Waals surface area (Å²) in [6.45, 7) is 4.59. The van der Waals surface area contributed by atoms with Crippen molar-refractivity contribution >= 4 is 23.2 Å². The molecule has 1 aliphatic rings. The highest BCUT2D eigenvalue weighted by atomic mass is 32.1. The first-order chi connectivity index (χ1) is 12.0. The molecular formula is C18H22N4O2S. The van der Waals surface area contributed by atoms with Gasteiger partial charge in [0, 0.05) is 18.8 Å². The second-order valence-electron chi connectivity index (χ2n) is 6.24. The van der Waals surface area contributed by atoms with Crippen LogP contribution in [0.2, 0.25) is 0 Å². The molecule has 1 saturated heterocycles. The number of carbonyl (C=O) groups is 2. The molecule has 6 nitrogen and oxygen atoms in total. The summed E-state index contributed by atoms with van der Waals surface area (Å²) in [5.74, 6) is 0.0188. The summed E-state index contributed by atoms with van der Waals surface area (Å²) in [4.78, 5) is 34.7. The summed E-state index contributed by atoms with van der Waals surface area (Å²) >= 11 is 1.57. The van der Waals surface area contributed by atoms with E-state index in [1.54, 1.807) is 11.3 Å². The first-order valence-electron chi connectivity index (χ1n) is 8.43. The lowest BCUT2D eigenvalue weighted by molar-refractivity contribution is -0.131. The first-order valence-corrected chi connectivity index (χ1v) is 9.31. The Morgan fingerprint density at radius 1 is 1.32 bits per heavy atom. The maximum absolute atomic E-state index is 12.7. The van der Waals surface area contributed by atoms with Crippen LogP contribution in [-0.2, 0) is 22.6 Å². The molecule has 2 aromatic rings. The number of pyridine rings is 1. The molecule has 0 aromatic carbocycles. The van der Waals surface area contributed by atoms with Gasteiger partial charge in [-0.2, -0.15) is 0 Å². The summed E-state index contributed by atoms with van der Waals surface area (Å²) in [5.41, 5.74) is 2.54. The minimum absolute atomic E-state index is 0.00418. The van der Waals surface area contributed by atoms with Gasteiger partial charge in [0.25, 0.3) is 0 Å². The normalized spacial score (nSPS) is 16.9. The van der Waals surface area contributed by atoms with Crippen LogP contribution < -0.4 is 5.32 Å². The summed E-state index contributed by atoms with van der Waals surface area (Å²) < 4.78 is 0. The topological polar surface area (TPSA) is 75.2 Å². The lowest BCUT2D eigenvalue weighted by Crippen LogP contribution is -2.32. The molecule has 3 heterocycles. The number of rotatable bonds is 5. The Kier molecular flexibility index (Phi) is 5.43. The highest BCUT2D eigenvalue weighted by Crippen LogP contribution is 2.31. The molecule has 3 rings (SSSR count). The Morgan fingerprint density at radius 3 is 2.88 bits per heavy atom. The molecule has 25 heavy (non-hydrogen) atoms. The number of carbonyl (C=O) groups excluding carboxylic acids is 2. The summed E-state index contributed by atoms with van der Waals surface area (Å²) in [6.07, 6.45) is 2.23. The molecular weight excluding hydrogens is 336 g/mol. The van der Waals surface area contributed by atoms with Crippen molar-refractivity contribution in [2.75, 3.05) is 6.54 Å². The number of thiazole rings is 1. The van der Waals surface area contributed by atoms with Gasteiger partial charge in [0.05, 0.1) is 41.1 Å². The van der Waals surface area contributed by atoms with Gasteiger partial charge in [0.15, 0.2) is 0 Å². The minimum Gasteiger partial charge on any atom is -0.351 e. The quantitative estimate of drug-likeness (QED) is 0.890. The predicted octanol–water partition coefficient (Wildman–Crippen LogP) is 2.39. The number of hydrogen-bond donors (Lipinski definition) is 1. The zero-order valence-corrected chi connectivity index (χ0v) is 15.3. The van der Waals surface area contributed by atoms with E-state index in [0.717, 1.165) is 41.5 Å². The molecule has 1 N–H and O–H groups in total. The third-order valence-electron chi connectivity index (χ3n) is 4.26. The Morgan fingerprint density at radius 2 is 2.16 bits per heavy atom. The van der Waals surface area contributed by atoms with Crippen LogP contribution >= 0.6 is 11.3 Å². The van der Waals surface area contributed by atoms with E-state index in [4.69, 9.17) is 0 Å². The van der Waals surface area contributed by atoms with Crippen LogP contribution in [-0.4, -0.2) is 33.2 Å². The number of nitrogens with one attached hydrogen (secondary N) is 1. The van der Waals surface area contributed by atoms with Gasteiger partial charge >= 0.3 is 0 Å². The van der Waals surface area contributed by atoms with Gasteiger partial charge in [-0.15, -0.1) is 11.3 Å². The second-order valence-corrected chi connectivity index (χ2v) is 7.31. The Labute approximate surface area is 151 Å². The van der Waals surface area contributed by atoms with Crippen LogP contribution in [0, 0.1) is 6.92 Å². The maximum Gasteiger partial charge on any atom is 0.229 e.